The molecule has 0 spiro atoms. The molecule has 0 fully saturated rings. The molecule has 3 aromatic heterocycles. The molecule has 0 unspecified atom stereocenters. The third kappa shape index (κ3) is 12.8. The van der Waals surface area contributed by atoms with E-state index in [1.165, 1.54) is 16.7 Å². The minimum absolute atomic E-state index is 0.192. The molecule has 84 heavy (non-hydrogen) atoms. The number of nitrogens with zero attached hydrogens (tertiary/aromatic N) is 6. The van der Waals surface area contributed by atoms with Gasteiger partial charge in [0.15, 0.2) is 0 Å². The normalized spacial score (nSPS) is 13.0. The number of aromatic nitrogens is 6. The molecule has 12 nitrogen and oxygen atoms in total. The molecule has 10 rings (SSSR count). The molecule has 0 saturated heterocycles. The predicted octanol–water partition coefficient (Wildman–Crippen LogP) is 14.4. The van der Waals surface area contributed by atoms with Gasteiger partial charge in [-0.1, -0.05) is 153 Å². The van der Waals surface area contributed by atoms with E-state index >= 15 is 0 Å². The van der Waals surface area contributed by atoms with Crippen molar-refractivity contribution in [3.8, 4) is 34.5 Å². The predicted molar refractivity (Wildman–Crippen MR) is 334 cm³/mol. The number of fused-ring (bicyclic) bond motifs is 12. The molecular formula is C72H84N6O6. The van der Waals surface area contributed by atoms with Crippen LogP contribution in [0.2, 0.25) is 0 Å². The topological polar surface area (TPSA) is 109 Å². The Morgan fingerprint density at radius 3 is 0.714 bits per heavy atom. The van der Waals surface area contributed by atoms with E-state index in [1.54, 1.807) is 21.3 Å². The molecular weight excluding hydrogens is 1040 g/mol. The van der Waals surface area contributed by atoms with Crippen LogP contribution in [0.1, 0.15) is 163 Å². The van der Waals surface area contributed by atoms with Crippen molar-refractivity contribution in [3.63, 3.8) is 0 Å². The smallest absolute Gasteiger partial charge is 0.146 e. The number of para-hydroxylation sites is 3. The fourth-order valence-electron chi connectivity index (χ4n) is 11.7. The third-order valence-electron chi connectivity index (χ3n) is 16.6. The van der Waals surface area contributed by atoms with Crippen LogP contribution in [0.15, 0.2) is 128 Å². The first-order valence-corrected chi connectivity index (χ1v) is 29.3. The summed E-state index contributed by atoms with van der Waals surface area (Å²) in [5.74, 6) is 7.41. The summed E-state index contributed by atoms with van der Waals surface area (Å²) in [6, 6.07) is 33.6. The molecule has 0 saturated carbocycles. The van der Waals surface area contributed by atoms with Crippen molar-refractivity contribution in [3.05, 3.63) is 229 Å². The zero-order valence-electron chi connectivity index (χ0n) is 52.1. The van der Waals surface area contributed by atoms with Crippen LogP contribution in [-0.4, -0.2) is 50.0 Å². The van der Waals surface area contributed by atoms with Crippen LogP contribution in [0, 0.1) is 0 Å². The largest absolute Gasteiger partial charge is 0.496 e. The first-order valence-electron chi connectivity index (χ1n) is 29.3. The number of hydrogen-bond donors (Lipinski definition) is 0. The first-order chi connectivity index (χ1) is 40.1. The zero-order valence-corrected chi connectivity index (χ0v) is 52.1. The fourth-order valence-corrected chi connectivity index (χ4v) is 11.7. The van der Waals surface area contributed by atoms with E-state index in [0.29, 0.717) is 38.5 Å². The SMILES string of the molecule is COc1c2cc(C(C)(C)C)cc1Cc1cccc(c1OCc1nccn1C)Cc1cc(C(C)(C)C)cc(c1OC)Cc1cccc(c1OCc1nccn1C)Cc1cc(C(C)(C)C)cc(c1OC)Cc1cccc(c1OCc1nccn1C)C2. The Morgan fingerprint density at radius 1 is 0.333 bits per heavy atom. The van der Waals surface area contributed by atoms with Crippen molar-refractivity contribution in [2.24, 2.45) is 21.1 Å². The van der Waals surface area contributed by atoms with Gasteiger partial charge in [0.25, 0.3) is 0 Å². The van der Waals surface area contributed by atoms with Crippen molar-refractivity contribution in [2.45, 2.75) is 137 Å². The second-order valence-corrected chi connectivity index (χ2v) is 25.7. The van der Waals surface area contributed by atoms with Crippen LogP contribution >= 0.6 is 0 Å². The van der Waals surface area contributed by atoms with Crippen LogP contribution < -0.4 is 28.4 Å². The van der Waals surface area contributed by atoms with Crippen LogP contribution in [-0.2, 0) is 95.7 Å². The summed E-state index contributed by atoms with van der Waals surface area (Å²) in [6.07, 6.45) is 14.6. The molecule has 438 valence electrons. The number of rotatable bonds is 12. The minimum atomic E-state index is -0.192. The van der Waals surface area contributed by atoms with Crippen LogP contribution in [0.5, 0.6) is 34.5 Å². The zero-order chi connectivity index (χ0) is 59.7. The molecule has 1 aliphatic rings. The molecule has 0 aliphatic heterocycles. The minimum Gasteiger partial charge on any atom is -0.496 e. The molecule has 9 aromatic rings. The highest BCUT2D eigenvalue weighted by atomic mass is 16.5. The number of ether oxygens (including phenoxy) is 6. The van der Waals surface area contributed by atoms with E-state index in [-0.39, 0.29) is 36.1 Å². The maximum Gasteiger partial charge on any atom is 0.146 e. The fraction of sp³-hybridized carbons (Fsp3) is 0.375. The van der Waals surface area contributed by atoms with Crippen LogP contribution in [0.4, 0.5) is 0 Å². The maximum atomic E-state index is 7.10. The molecule has 3 heterocycles. The second kappa shape index (κ2) is 24.2. The first kappa shape index (κ1) is 58.9. The second-order valence-electron chi connectivity index (χ2n) is 25.7. The molecule has 12 bridgehead atoms. The summed E-state index contributed by atoms with van der Waals surface area (Å²) in [7, 11) is 11.4. The van der Waals surface area contributed by atoms with Gasteiger partial charge in [-0.2, -0.15) is 0 Å². The van der Waals surface area contributed by atoms with Crippen LogP contribution in [0.25, 0.3) is 0 Å². The summed E-state index contributed by atoms with van der Waals surface area (Å²) in [5.41, 5.74) is 15.6. The third-order valence-corrected chi connectivity index (χ3v) is 16.6. The van der Waals surface area contributed by atoms with E-state index in [2.05, 4.69) is 153 Å². The Hall–Kier alpha value is -8.25. The highest BCUT2D eigenvalue weighted by Crippen LogP contribution is 2.44. The molecule has 6 aromatic carbocycles. The Kier molecular flexibility index (Phi) is 16.9. The Morgan fingerprint density at radius 2 is 0.548 bits per heavy atom. The van der Waals surface area contributed by atoms with Gasteiger partial charge in [0, 0.05) is 96.8 Å². The van der Waals surface area contributed by atoms with Crippen molar-refractivity contribution in [2.75, 3.05) is 21.3 Å². The van der Waals surface area contributed by atoms with Crippen molar-refractivity contribution >= 4 is 0 Å². The molecule has 0 atom stereocenters. The number of aryl methyl sites for hydroxylation is 3. The number of imidazole rings is 3. The van der Waals surface area contributed by atoms with Gasteiger partial charge in [-0.05, 0) is 99.7 Å². The lowest BCUT2D eigenvalue weighted by molar-refractivity contribution is 0.286. The monoisotopic (exact) mass is 1130 g/mol. The van der Waals surface area contributed by atoms with Crippen molar-refractivity contribution in [1.29, 1.82) is 0 Å². The van der Waals surface area contributed by atoms with E-state index in [1.807, 2.05) is 72.0 Å². The highest BCUT2D eigenvalue weighted by Gasteiger charge is 2.28. The summed E-state index contributed by atoms with van der Waals surface area (Å²) < 4.78 is 47.2. The molecule has 12 heteroatoms. The molecule has 1 aliphatic carbocycles. The van der Waals surface area contributed by atoms with Crippen molar-refractivity contribution < 1.29 is 28.4 Å². The average molecular weight is 1130 g/mol. The molecule has 0 N–H and O–H groups in total. The van der Waals surface area contributed by atoms with E-state index < -0.39 is 0 Å². The van der Waals surface area contributed by atoms with Gasteiger partial charge in [0.2, 0.25) is 0 Å². The Balaban J connectivity index is 1.24. The summed E-state index contributed by atoms with van der Waals surface area (Å²) in [4.78, 5) is 14.1. The summed E-state index contributed by atoms with van der Waals surface area (Å²) in [5, 5.41) is 0. The van der Waals surface area contributed by atoms with Gasteiger partial charge >= 0.3 is 0 Å². The summed E-state index contributed by atoms with van der Waals surface area (Å²) in [6.45, 7) is 21.3. The van der Waals surface area contributed by atoms with Gasteiger partial charge in [-0.3, -0.25) is 0 Å². The van der Waals surface area contributed by atoms with E-state index in [9.17, 15) is 0 Å². The molecule has 0 radical (unpaired) electrons. The standard InChI is InChI=1S/C72H84N6O6/c1-70(2,3)58-37-52-31-46-19-16-21-48(67(46)82-43-61-73-25-28-76(61)10)33-54-39-59(71(4,5)6)41-56(65(54)80-14)35-50-23-18-24-51(69(50)84-45-63-75-27-30-78(63)12)36-57-42-60(72(7,8)9)40-55(66(57)81-15)34-49-22-17-20-47(32-53(38-58)64(52)79-13)68(49)83-44-62-74-26-29-77(62)11/h16-30,37-42H,31-36,43-45H2,1-15H3. The Labute approximate surface area is 497 Å². The number of methoxy groups -OCH3 is 3. The summed E-state index contributed by atoms with van der Waals surface area (Å²) >= 11 is 0. The van der Waals surface area contributed by atoms with Gasteiger partial charge in [-0.15, -0.1) is 0 Å². The van der Waals surface area contributed by atoms with E-state index in [4.69, 9.17) is 43.4 Å². The quantitative estimate of drug-likeness (QED) is 0.118. The lowest BCUT2D eigenvalue weighted by Gasteiger charge is -2.26. The van der Waals surface area contributed by atoms with E-state index in [0.717, 1.165) is 119 Å². The van der Waals surface area contributed by atoms with Crippen LogP contribution in [0.3, 0.4) is 0 Å². The number of hydrogen-bond acceptors (Lipinski definition) is 9. The highest BCUT2D eigenvalue weighted by molar-refractivity contribution is 5.60. The lowest BCUT2D eigenvalue weighted by atomic mass is 9.81. The van der Waals surface area contributed by atoms with Gasteiger partial charge in [0.05, 0.1) is 21.3 Å². The number of benzene rings is 6. The Bertz CT molecular complexity index is 3290. The molecule has 0 amide bonds. The lowest BCUT2D eigenvalue weighted by Crippen LogP contribution is -2.15. The van der Waals surface area contributed by atoms with Gasteiger partial charge in [0.1, 0.15) is 71.8 Å². The van der Waals surface area contributed by atoms with Gasteiger partial charge in [-0.25, -0.2) is 15.0 Å². The van der Waals surface area contributed by atoms with Crippen molar-refractivity contribution in [1.82, 2.24) is 28.7 Å². The maximum absolute atomic E-state index is 7.10. The van der Waals surface area contributed by atoms with Gasteiger partial charge < -0.3 is 42.1 Å². The average Bonchev–Trinajstić information content (AvgIpc) is 2.30.